The zero-order chi connectivity index (χ0) is 18.1. The summed E-state index contributed by atoms with van der Waals surface area (Å²) < 4.78 is 5.63. The van der Waals surface area contributed by atoms with Gasteiger partial charge in [0, 0.05) is 10.9 Å². The van der Waals surface area contributed by atoms with Crippen molar-refractivity contribution < 1.29 is 9.21 Å². The Morgan fingerprint density at radius 3 is 1.88 bits per heavy atom. The van der Waals surface area contributed by atoms with Crippen molar-refractivity contribution in [2.45, 2.75) is 6.92 Å². The lowest BCUT2D eigenvalue weighted by molar-refractivity contribution is 0.101. The fourth-order valence-corrected chi connectivity index (χ4v) is 3.16. The number of benzene rings is 3. The molecule has 4 rings (SSSR count). The van der Waals surface area contributed by atoms with Gasteiger partial charge >= 0.3 is 5.63 Å². The van der Waals surface area contributed by atoms with Crippen molar-refractivity contribution in [2.24, 2.45) is 0 Å². The van der Waals surface area contributed by atoms with Gasteiger partial charge in [-0.15, -0.1) is 0 Å². The lowest BCUT2D eigenvalue weighted by Crippen LogP contribution is -2.11. The molecular weight excluding hydrogens is 324 g/mol. The summed E-state index contributed by atoms with van der Waals surface area (Å²) >= 11 is 0. The summed E-state index contributed by atoms with van der Waals surface area (Å²) in [6.07, 6.45) is 0. The number of hydrogen-bond acceptors (Lipinski definition) is 3. The number of carbonyl (C=O) groups excluding carboxylic acids is 1. The molecule has 3 aromatic carbocycles. The van der Waals surface area contributed by atoms with Gasteiger partial charge in [-0.2, -0.15) is 0 Å². The van der Waals surface area contributed by atoms with Gasteiger partial charge in [0.25, 0.3) is 0 Å². The van der Waals surface area contributed by atoms with E-state index in [1.165, 1.54) is 6.92 Å². The maximum atomic E-state index is 12.3. The Morgan fingerprint density at radius 1 is 0.769 bits per heavy atom. The van der Waals surface area contributed by atoms with Crippen molar-refractivity contribution in [3.63, 3.8) is 0 Å². The molecule has 0 saturated heterocycles. The third-order valence-corrected chi connectivity index (χ3v) is 4.45. The highest BCUT2D eigenvalue weighted by Crippen LogP contribution is 2.35. The summed E-state index contributed by atoms with van der Waals surface area (Å²) in [5.74, 6) is -0.301. The Balaban J connectivity index is 2.10. The summed E-state index contributed by atoms with van der Waals surface area (Å²) in [6, 6.07) is 25.2. The lowest BCUT2D eigenvalue weighted by Gasteiger charge is -2.11. The van der Waals surface area contributed by atoms with E-state index in [0.29, 0.717) is 5.58 Å². The van der Waals surface area contributed by atoms with E-state index in [1.54, 1.807) is 6.07 Å². The van der Waals surface area contributed by atoms with Crippen LogP contribution in [0.3, 0.4) is 0 Å². The Bertz CT molecular complexity index is 1160. The molecule has 1 aromatic heterocycles. The van der Waals surface area contributed by atoms with Crippen molar-refractivity contribution in [1.29, 1.82) is 0 Å². The summed E-state index contributed by atoms with van der Waals surface area (Å²) in [5, 5.41) is 0.752. The Morgan fingerprint density at radius 2 is 1.31 bits per heavy atom. The number of hydrogen-bond donors (Lipinski definition) is 0. The molecule has 4 aromatic rings. The van der Waals surface area contributed by atoms with E-state index >= 15 is 0 Å². The molecule has 126 valence electrons. The molecule has 0 unspecified atom stereocenters. The normalized spacial score (nSPS) is 10.8. The van der Waals surface area contributed by atoms with Gasteiger partial charge in [-0.05, 0) is 35.7 Å². The van der Waals surface area contributed by atoms with Crippen LogP contribution in [0.5, 0.6) is 0 Å². The van der Waals surface area contributed by atoms with Crippen molar-refractivity contribution in [2.75, 3.05) is 0 Å². The smallest absolute Gasteiger partial charge is 0.347 e. The molecule has 3 heteroatoms. The molecule has 0 spiro atoms. The fourth-order valence-electron chi connectivity index (χ4n) is 3.16. The molecule has 0 aliphatic carbocycles. The van der Waals surface area contributed by atoms with Crippen LogP contribution in [0.4, 0.5) is 0 Å². The molecule has 0 amide bonds. The second-order valence-corrected chi connectivity index (χ2v) is 6.14. The van der Waals surface area contributed by atoms with E-state index in [0.717, 1.165) is 27.6 Å². The Hall–Kier alpha value is -3.46. The van der Waals surface area contributed by atoms with Gasteiger partial charge < -0.3 is 4.42 Å². The van der Waals surface area contributed by atoms with Gasteiger partial charge in [-0.25, -0.2) is 4.79 Å². The van der Waals surface area contributed by atoms with Gasteiger partial charge in [-0.1, -0.05) is 66.7 Å². The number of rotatable bonds is 3. The van der Waals surface area contributed by atoms with Crippen LogP contribution >= 0.6 is 0 Å². The van der Waals surface area contributed by atoms with Crippen molar-refractivity contribution in [3.05, 3.63) is 94.8 Å². The van der Waals surface area contributed by atoms with Gasteiger partial charge in [0.15, 0.2) is 5.78 Å². The zero-order valence-corrected chi connectivity index (χ0v) is 14.2. The highest BCUT2D eigenvalue weighted by molar-refractivity contribution is 6.05. The van der Waals surface area contributed by atoms with E-state index < -0.39 is 5.63 Å². The van der Waals surface area contributed by atoms with Crippen LogP contribution in [0.1, 0.15) is 17.3 Å². The molecule has 0 saturated carbocycles. The Kier molecular flexibility index (Phi) is 3.98. The van der Waals surface area contributed by atoms with Gasteiger partial charge in [0.1, 0.15) is 11.1 Å². The highest BCUT2D eigenvalue weighted by atomic mass is 16.4. The second kappa shape index (κ2) is 6.45. The van der Waals surface area contributed by atoms with Gasteiger partial charge in [-0.3, -0.25) is 4.79 Å². The highest BCUT2D eigenvalue weighted by Gasteiger charge is 2.16. The van der Waals surface area contributed by atoms with Crippen LogP contribution in [0, 0.1) is 0 Å². The maximum Gasteiger partial charge on any atom is 0.347 e. The SMILES string of the molecule is CC(=O)c1cc2c(-c3ccccc3)ccc(-c3ccccc3)c2oc1=O. The van der Waals surface area contributed by atoms with E-state index in [1.807, 2.05) is 72.8 Å². The van der Waals surface area contributed by atoms with Crippen molar-refractivity contribution in [1.82, 2.24) is 0 Å². The molecule has 0 atom stereocenters. The maximum absolute atomic E-state index is 12.3. The second-order valence-electron chi connectivity index (χ2n) is 6.14. The standard InChI is InChI=1S/C23H16O3/c1-15(24)20-14-21-18(16-8-4-2-5-9-16)12-13-19(22(21)26-23(20)25)17-10-6-3-7-11-17/h2-14H,1H3. The van der Waals surface area contributed by atoms with Gasteiger partial charge in [0.05, 0.1) is 0 Å². The van der Waals surface area contributed by atoms with E-state index in [-0.39, 0.29) is 11.3 Å². The minimum atomic E-state index is -0.604. The molecule has 0 N–H and O–H groups in total. The topological polar surface area (TPSA) is 47.3 Å². The van der Waals surface area contributed by atoms with Crippen molar-refractivity contribution >= 4 is 16.8 Å². The molecule has 0 bridgehead atoms. The van der Waals surface area contributed by atoms with Crippen LogP contribution in [0.2, 0.25) is 0 Å². The summed E-state index contributed by atoms with van der Waals surface area (Å²) in [7, 11) is 0. The first-order valence-corrected chi connectivity index (χ1v) is 8.38. The summed E-state index contributed by atoms with van der Waals surface area (Å²) in [5.41, 5.74) is 3.66. The third kappa shape index (κ3) is 2.74. The van der Waals surface area contributed by atoms with Crippen molar-refractivity contribution in [3.8, 4) is 22.3 Å². The van der Waals surface area contributed by atoms with E-state index in [2.05, 4.69) is 0 Å². The number of fused-ring (bicyclic) bond motifs is 1. The molecule has 3 nitrogen and oxygen atoms in total. The predicted octanol–water partition coefficient (Wildman–Crippen LogP) is 5.33. The first-order valence-electron chi connectivity index (χ1n) is 8.38. The van der Waals surface area contributed by atoms with Crippen LogP contribution < -0.4 is 5.63 Å². The average Bonchev–Trinajstić information content (AvgIpc) is 2.68. The number of Topliss-reactive ketones (excluding diaryl/α,β-unsaturated/α-hetero) is 1. The van der Waals surface area contributed by atoms with Crippen LogP contribution in [-0.2, 0) is 0 Å². The van der Waals surface area contributed by atoms with E-state index in [9.17, 15) is 9.59 Å². The third-order valence-electron chi connectivity index (χ3n) is 4.45. The molecule has 0 aliphatic rings. The monoisotopic (exact) mass is 340 g/mol. The van der Waals surface area contributed by atoms with E-state index in [4.69, 9.17) is 4.42 Å². The molecule has 0 fully saturated rings. The number of carbonyl (C=O) groups is 1. The molecule has 0 radical (unpaired) electrons. The minimum Gasteiger partial charge on any atom is -0.422 e. The first-order chi connectivity index (χ1) is 12.6. The van der Waals surface area contributed by atoms with Crippen LogP contribution in [0.25, 0.3) is 33.2 Å². The fraction of sp³-hybridized carbons (Fsp3) is 0.0435. The summed E-state index contributed by atoms with van der Waals surface area (Å²) in [4.78, 5) is 24.2. The predicted molar refractivity (Wildman–Crippen MR) is 103 cm³/mol. The largest absolute Gasteiger partial charge is 0.422 e. The van der Waals surface area contributed by atoms with Crippen LogP contribution in [-0.4, -0.2) is 5.78 Å². The average molecular weight is 340 g/mol. The molecule has 26 heavy (non-hydrogen) atoms. The lowest BCUT2D eigenvalue weighted by atomic mass is 9.95. The minimum absolute atomic E-state index is 0.0693. The first kappa shape index (κ1) is 16.0. The summed E-state index contributed by atoms with van der Waals surface area (Å²) in [6.45, 7) is 1.38. The van der Waals surface area contributed by atoms with Gasteiger partial charge in [0.2, 0.25) is 0 Å². The quantitative estimate of drug-likeness (QED) is 0.374. The molecular formula is C23H16O3. The Labute approximate surface area is 150 Å². The van der Waals surface area contributed by atoms with Crippen LogP contribution in [0.15, 0.2) is 88.1 Å². The zero-order valence-electron chi connectivity index (χ0n) is 14.2. The molecule has 1 heterocycles. The molecule has 0 aliphatic heterocycles. The number of ketones is 1.